The Morgan fingerprint density at radius 3 is 2.52 bits per heavy atom. The number of aromatic nitrogens is 4. The van der Waals surface area contributed by atoms with Crippen LogP contribution in [-0.4, -0.2) is 43.9 Å². The number of ether oxygens (including phenoxy) is 1. The smallest absolute Gasteiger partial charge is 0.340 e. The molecule has 0 saturated carbocycles. The molecule has 0 spiro atoms. The molecule has 152 valence electrons. The topological polar surface area (TPSA) is 89.9 Å². The van der Waals surface area contributed by atoms with E-state index in [-0.39, 0.29) is 11.5 Å². The van der Waals surface area contributed by atoms with Crippen LogP contribution in [0.25, 0.3) is 11.4 Å². The molecule has 0 radical (unpaired) electrons. The molecule has 1 N–H and O–H groups in total. The van der Waals surface area contributed by atoms with Crippen molar-refractivity contribution in [3.05, 3.63) is 52.8 Å². The van der Waals surface area contributed by atoms with Crippen LogP contribution in [-0.2, 0) is 11.3 Å². The van der Waals surface area contributed by atoms with Crippen LogP contribution in [0.2, 0.25) is 0 Å². The predicted molar refractivity (Wildman–Crippen MR) is 112 cm³/mol. The Hall–Kier alpha value is -2.87. The number of ketones is 1. The van der Waals surface area contributed by atoms with Gasteiger partial charge in [0.1, 0.15) is 0 Å². The van der Waals surface area contributed by atoms with Crippen molar-refractivity contribution < 1.29 is 14.3 Å². The third-order valence-electron chi connectivity index (χ3n) is 4.59. The molecule has 29 heavy (non-hydrogen) atoms. The summed E-state index contributed by atoms with van der Waals surface area (Å²) < 4.78 is 7.08. The van der Waals surface area contributed by atoms with E-state index in [0.29, 0.717) is 40.8 Å². The summed E-state index contributed by atoms with van der Waals surface area (Å²) in [7, 11) is 0. The molecule has 0 fully saturated rings. The normalized spacial score (nSPS) is 10.9. The number of benzene rings is 1. The molecule has 1 aromatic carbocycles. The highest BCUT2D eigenvalue weighted by atomic mass is 32.2. The second-order valence-corrected chi connectivity index (χ2v) is 7.42. The van der Waals surface area contributed by atoms with E-state index in [4.69, 9.17) is 4.74 Å². The number of carbonyl (C=O) groups excluding carboxylic acids is 2. The van der Waals surface area contributed by atoms with Crippen LogP contribution >= 0.6 is 11.8 Å². The van der Waals surface area contributed by atoms with E-state index in [1.807, 2.05) is 41.8 Å². The molecular weight excluding hydrogens is 388 g/mol. The monoisotopic (exact) mass is 412 g/mol. The summed E-state index contributed by atoms with van der Waals surface area (Å²) in [6, 6.07) is 9.83. The van der Waals surface area contributed by atoms with Gasteiger partial charge in [0.05, 0.1) is 23.6 Å². The number of Topliss-reactive ketones (excluding diaryl/α,β-unsaturated/α-hetero) is 1. The Balaban J connectivity index is 1.78. The first-order valence-corrected chi connectivity index (χ1v) is 10.5. The number of aromatic amines is 1. The van der Waals surface area contributed by atoms with E-state index in [2.05, 4.69) is 15.2 Å². The van der Waals surface area contributed by atoms with Crippen molar-refractivity contribution >= 4 is 23.5 Å². The van der Waals surface area contributed by atoms with Crippen LogP contribution in [0.4, 0.5) is 0 Å². The zero-order valence-corrected chi connectivity index (χ0v) is 17.8. The molecule has 0 saturated heterocycles. The molecule has 2 heterocycles. The maximum Gasteiger partial charge on any atom is 0.340 e. The van der Waals surface area contributed by atoms with E-state index >= 15 is 0 Å². The second kappa shape index (κ2) is 9.09. The van der Waals surface area contributed by atoms with Crippen LogP contribution in [0, 0.1) is 13.8 Å². The van der Waals surface area contributed by atoms with Crippen molar-refractivity contribution in [3.8, 4) is 11.4 Å². The standard InChI is InChI=1S/C21H24N4O3S/c1-5-25-19(15-10-8-7-9-11-15)23-24-21(25)29-12-16(26)18-13(3)17(14(4)22-18)20(27)28-6-2/h7-11,22H,5-6,12H2,1-4H3. The lowest BCUT2D eigenvalue weighted by Gasteiger charge is -2.07. The zero-order valence-electron chi connectivity index (χ0n) is 17.0. The summed E-state index contributed by atoms with van der Waals surface area (Å²) in [6.45, 7) is 8.29. The molecule has 0 amide bonds. The van der Waals surface area contributed by atoms with E-state index in [9.17, 15) is 9.59 Å². The fraction of sp³-hybridized carbons (Fsp3) is 0.333. The molecule has 8 heteroatoms. The molecule has 0 aliphatic rings. The molecule has 2 aromatic heterocycles. The Bertz CT molecular complexity index is 1020. The van der Waals surface area contributed by atoms with Gasteiger partial charge in [-0.2, -0.15) is 0 Å². The number of esters is 1. The van der Waals surface area contributed by atoms with Crippen molar-refractivity contribution in [1.29, 1.82) is 0 Å². The largest absolute Gasteiger partial charge is 0.462 e. The molecule has 0 aliphatic heterocycles. The minimum atomic E-state index is -0.413. The van der Waals surface area contributed by atoms with E-state index in [1.165, 1.54) is 11.8 Å². The van der Waals surface area contributed by atoms with Crippen LogP contribution < -0.4 is 0 Å². The van der Waals surface area contributed by atoms with Gasteiger partial charge in [-0.25, -0.2) is 4.79 Å². The maximum absolute atomic E-state index is 12.8. The van der Waals surface area contributed by atoms with Crippen molar-refractivity contribution in [2.45, 2.75) is 39.4 Å². The van der Waals surface area contributed by atoms with Crippen LogP contribution in [0.15, 0.2) is 35.5 Å². The summed E-state index contributed by atoms with van der Waals surface area (Å²) in [6.07, 6.45) is 0. The van der Waals surface area contributed by atoms with Crippen molar-refractivity contribution in [2.24, 2.45) is 0 Å². The number of H-pyrrole nitrogens is 1. The summed E-state index contributed by atoms with van der Waals surface area (Å²) >= 11 is 1.34. The molecule has 7 nitrogen and oxygen atoms in total. The van der Waals surface area contributed by atoms with Gasteiger partial charge in [-0.15, -0.1) is 10.2 Å². The number of thioether (sulfide) groups is 1. The number of rotatable bonds is 8. The average Bonchev–Trinajstić information content (AvgIpc) is 3.27. The number of hydrogen-bond donors (Lipinski definition) is 1. The third kappa shape index (κ3) is 4.27. The Morgan fingerprint density at radius 1 is 1.14 bits per heavy atom. The summed E-state index contributed by atoms with van der Waals surface area (Å²) in [4.78, 5) is 28.0. The highest BCUT2D eigenvalue weighted by molar-refractivity contribution is 7.99. The van der Waals surface area contributed by atoms with Crippen molar-refractivity contribution in [1.82, 2.24) is 19.7 Å². The number of nitrogens with zero attached hydrogens (tertiary/aromatic N) is 3. The van der Waals surface area contributed by atoms with Gasteiger partial charge in [0.15, 0.2) is 16.8 Å². The van der Waals surface area contributed by atoms with Gasteiger partial charge >= 0.3 is 5.97 Å². The molecular formula is C21H24N4O3S. The van der Waals surface area contributed by atoms with Crippen LogP contribution in [0.1, 0.15) is 46.0 Å². The fourth-order valence-electron chi connectivity index (χ4n) is 3.22. The van der Waals surface area contributed by atoms with Gasteiger partial charge in [0.25, 0.3) is 0 Å². The quantitative estimate of drug-likeness (QED) is 0.341. The van der Waals surface area contributed by atoms with Crippen LogP contribution in [0.3, 0.4) is 0 Å². The molecule has 3 aromatic rings. The first-order valence-electron chi connectivity index (χ1n) is 9.48. The number of hydrogen-bond acceptors (Lipinski definition) is 6. The molecule has 0 atom stereocenters. The second-order valence-electron chi connectivity index (χ2n) is 6.47. The lowest BCUT2D eigenvalue weighted by Crippen LogP contribution is -2.09. The first kappa shape index (κ1) is 20.9. The fourth-order valence-corrected chi connectivity index (χ4v) is 4.10. The lowest BCUT2D eigenvalue weighted by atomic mass is 10.1. The molecule has 0 bridgehead atoms. The number of carbonyl (C=O) groups is 2. The van der Waals surface area contributed by atoms with Gasteiger partial charge < -0.3 is 14.3 Å². The highest BCUT2D eigenvalue weighted by Crippen LogP contribution is 2.26. The Labute approximate surface area is 173 Å². The van der Waals surface area contributed by atoms with Gasteiger partial charge in [-0.1, -0.05) is 42.1 Å². The molecule has 3 rings (SSSR count). The average molecular weight is 413 g/mol. The maximum atomic E-state index is 12.8. The highest BCUT2D eigenvalue weighted by Gasteiger charge is 2.23. The van der Waals surface area contributed by atoms with Crippen molar-refractivity contribution in [3.63, 3.8) is 0 Å². The van der Waals surface area contributed by atoms with Gasteiger partial charge in [0, 0.05) is 17.8 Å². The summed E-state index contributed by atoms with van der Waals surface area (Å²) in [5, 5.41) is 9.25. The minimum Gasteiger partial charge on any atom is -0.462 e. The Morgan fingerprint density at radius 2 is 1.86 bits per heavy atom. The van der Waals surface area contributed by atoms with Crippen molar-refractivity contribution in [2.75, 3.05) is 12.4 Å². The first-order chi connectivity index (χ1) is 14.0. The van der Waals surface area contributed by atoms with E-state index in [1.54, 1.807) is 20.8 Å². The molecule has 0 aliphatic carbocycles. The number of nitrogens with one attached hydrogen (secondary N) is 1. The van der Waals surface area contributed by atoms with Gasteiger partial charge in [-0.05, 0) is 33.3 Å². The summed E-state index contributed by atoms with van der Waals surface area (Å²) in [5.41, 5.74) is 3.10. The molecule has 0 unspecified atom stereocenters. The van der Waals surface area contributed by atoms with E-state index in [0.717, 1.165) is 11.4 Å². The SMILES string of the molecule is CCOC(=O)c1c(C)[nH]c(C(=O)CSc2nnc(-c3ccccc3)n2CC)c1C. The zero-order chi connectivity index (χ0) is 21.0. The van der Waals surface area contributed by atoms with Gasteiger partial charge in [-0.3, -0.25) is 4.79 Å². The van der Waals surface area contributed by atoms with E-state index < -0.39 is 5.97 Å². The van der Waals surface area contributed by atoms with Gasteiger partial charge in [0.2, 0.25) is 0 Å². The lowest BCUT2D eigenvalue weighted by molar-refractivity contribution is 0.0525. The Kier molecular flexibility index (Phi) is 6.53. The predicted octanol–water partition coefficient (Wildman–Crippen LogP) is 4.06. The third-order valence-corrected chi connectivity index (χ3v) is 5.56. The number of aryl methyl sites for hydroxylation is 1. The van der Waals surface area contributed by atoms with Crippen LogP contribution in [0.5, 0.6) is 0 Å². The summed E-state index contributed by atoms with van der Waals surface area (Å²) in [5.74, 6) is 0.456. The minimum absolute atomic E-state index is 0.0990.